The number of hydrogen-bond acceptors (Lipinski definition) is 6. The van der Waals surface area contributed by atoms with Crippen molar-refractivity contribution in [3.05, 3.63) is 48.5 Å². The maximum absolute atomic E-state index is 12.5. The normalized spacial score (nSPS) is 15.7. The molecule has 1 fully saturated rings. The molecule has 0 radical (unpaired) electrons. The van der Waals surface area contributed by atoms with Crippen LogP contribution in [-0.2, 0) is 9.53 Å². The highest BCUT2D eigenvalue weighted by Crippen LogP contribution is 2.27. The average Bonchev–Trinajstić information content (AvgIpc) is 3.11. The summed E-state index contributed by atoms with van der Waals surface area (Å²) in [5, 5.41) is 3.13. The van der Waals surface area contributed by atoms with E-state index in [0.29, 0.717) is 5.22 Å². The number of morpholine rings is 1. The van der Waals surface area contributed by atoms with Crippen LogP contribution in [-0.4, -0.2) is 42.4 Å². The van der Waals surface area contributed by atoms with E-state index in [2.05, 4.69) is 15.2 Å². The van der Waals surface area contributed by atoms with Crippen LogP contribution >= 0.6 is 11.8 Å². The highest BCUT2D eigenvalue weighted by molar-refractivity contribution is 8.00. The zero-order valence-electron chi connectivity index (χ0n) is 15.1. The molecule has 0 unspecified atom stereocenters. The van der Waals surface area contributed by atoms with Gasteiger partial charge in [-0.05, 0) is 43.3 Å². The number of benzene rings is 2. The summed E-state index contributed by atoms with van der Waals surface area (Å²) in [5.41, 5.74) is 3.45. The van der Waals surface area contributed by atoms with Gasteiger partial charge in [-0.3, -0.25) is 4.79 Å². The molecule has 4 rings (SSSR count). The number of aromatic nitrogens is 1. The van der Waals surface area contributed by atoms with E-state index in [1.807, 2.05) is 55.5 Å². The molecule has 1 aromatic heterocycles. The molecule has 1 N–H and O–H groups in total. The van der Waals surface area contributed by atoms with Gasteiger partial charge in [-0.2, -0.15) is 0 Å². The maximum Gasteiger partial charge on any atom is 0.257 e. The van der Waals surface area contributed by atoms with Crippen LogP contribution < -0.4 is 10.2 Å². The zero-order valence-corrected chi connectivity index (χ0v) is 15.9. The molecule has 2 heterocycles. The minimum Gasteiger partial charge on any atom is -0.431 e. The summed E-state index contributed by atoms with van der Waals surface area (Å²) in [5.74, 6) is -0.0821. The second kappa shape index (κ2) is 8.02. The number of anilines is 2. The number of carbonyl (C=O) groups excluding carboxylic acids is 1. The van der Waals surface area contributed by atoms with Crippen molar-refractivity contribution < 1.29 is 13.9 Å². The highest BCUT2D eigenvalue weighted by Gasteiger charge is 2.18. The fraction of sp³-hybridized carbons (Fsp3) is 0.300. The molecular formula is C20H21N3O3S. The molecule has 0 saturated carbocycles. The Morgan fingerprint density at radius 2 is 1.89 bits per heavy atom. The van der Waals surface area contributed by atoms with Gasteiger partial charge in [-0.15, -0.1) is 0 Å². The lowest BCUT2D eigenvalue weighted by Crippen LogP contribution is -2.36. The van der Waals surface area contributed by atoms with Crippen molar-refractivity contribution in [3.8, 4) is 0 Å². The summed E-state index contributed by atoms with van der Waals surface area (Å²) in [4.78, 5) is 19.2. The number of nitrogens with one attached hydrogen (secondary N) is 1. The largest absolute Gasteiger partial charge is 0.431 e. The highest BCUT2D eigenvalue weighted by atomic mass is 32.2. The molecule has 27 heavy (non-hydrogen) atoms. The topological polar surface area (TPSA) is 67.6 Å². The Kier molecular flexibility index (Phi) is 5.31. The van der Waals surface area contributed by atoms with E-state index in [0.717, 1.165) is 48.8 Å². The number of ether oxygens (including phenoxy) is 1. The van der Waals surface area contributed by atoms with E-state index >= 15 is 0 Å². The van der Waals surface area contributed by atoms with Crippen LogP contribution in [0, 0.1) is 0 Å². The Labute approximate surface area is 161 Å². The van der Waals surface area contributed by atoms with Gasteiger partial charge < -0.3 is 19.4 Å². The van der Waals surface area contributed by atoms with Crippen LogP contribution in [0.3, 0.4) is 0 Å². The third-order valence-corrected chi connectivity index (χ3v) is 5.38. The van der Waals surface area contributed by atoms with Crippen LogP contribution in [0.15, 0.2) is 58.2 Å². The Bertz CT molecular complexity index is 887. The molecule has 1 amide bonds. The summed E-state index contributed by atoms with van der Waals surface area (Å²) in [6.07, 6.45) is 0. The molecule has 1 aliphatic rings. The van der Waals surface area contributed by atoms with Crippen molar-refractivity contribution in [1.82, 2.24) is 4.98 Å². The molecule has 1 aliphatic heterocycles. The van der Waals surface area contributed by atoms with Crippen molar-refractivity contribution in [1.29, 1.82) is 0 Å². The van der Waals surface area contributed by atoms with E-state index in [1.54, 1.807) is 0 Å². The van der Waals surface area contributed by atoms with Gasteiger partial charge in [0, 0.05) is 24.5 Å². The van der Waals surface area contributed by atoms with E-state index in [9.17, 15) is 4.79 Å². The Balaban J connectivity index is 1.36. The third kappa shape index (κ3) is 4.26. The lowest BCUT2D eigenvalue weighted by molar-refractivity contribution is -0.115. The van der Waals surface area contributed by atoms with Crippen LogP contribution in [0.4, 0.5) is 11.4 Å². The molecule has 1 atom stereocenters. The Hall–Kier alpha value is -2.51. The first kappa shape index (κ1) is 17.9. The first-order valence-corrected chi connectivity index (χ1v) is 9.83. The minimum atomic E-state index is -0.322. The van der Waals surface area contributed by atoms with Crippen molar-refractivity contribution in [3.63, 3.8) is 0 Å². The summed E-state index contributed by atoms with van der Waals surface area (Å²) >= 11 is 1.31. The summed E-state index contributed by atoms with van der Waals surface area (Å²) < 4.78 is 11.1. The summed E-state index contributed by atoms with van der Waals surface area (Å²) in [6, 6.07) is 15.5. The second-order valence-corrected chi connectivity index (χ2v) is 7.64. The molecule has 1 saturated heterocycles. The number of thioether (sulfide) groups is 1. The van der Waals surface area contributed by atoms with E-state index in [4.69, 9.17) is 9.15 Å². The molecule has 0 spiro atoms. The SMILES string of the molecule is C[C@H](Sc1nc2ccccc2o1)C(=O)Nc1ccc(N2CCOCC2)cc1. The third-order valence-electron chi connectivity index (χ3n) is 4.43. The summed E-state index contributed by atoms with van der Waals surface area (Å²) in [7, 11) is 0. The van der Waals surface area contributed by atoms with Gasteiger partial charge in [0.2, 0.25) is 5.91 Å². The summed E-state index contributed by atoms with van der Waals surface area (Å²) in [6.45, 7) is 5.14. The monoisotopic (exact) mass is 383 g/mol. The number of rotatable bonds is 5. The predicted octanol–water partition coefficient (Wildman–Crippen LogP) is 3.78. The van der Waals surface area contributed by atoms with Gasteiger partial charge >= 0.3 is 0 Å². The predicted molar refractivity (Wildman–Crippen MR) is 107 cm³/mol. The van der Waals surface area contributed by atoms with Crippen molar-refractivity contribution in [2.24, 2.45) is 0 Å². The van der Waals surface area contributed by atoms with Gasteiger partial charge in [0.15, 0.2) is 5.58 Å². The quantitative estimate of drug-likeness (QED) is 0.676. The standard InChI is InChI=1S/C20H21N3O3S/c1-14(27-20-22-17-4-2-3-5-18(17)26-20)19(24)21-15-6-8-16(9-7-15)23-10-12-25-13-11-23/h2-9,14H,10-13H2,1H3,(H,21,24)/t14-/m0/s1. The number of oxazole rings is 1. The van der Waals surface area contributed by atoms with Crippen LogP contribution in [0.2, 0.25) is 0 Å². The fourth-order valence-corrected chi connectivity index (χ4v) is 3.68. The first-order valence-electron chi connectivity index (χ1n) is 8.95. The molecule has 0 aliphatic carbocycles. The average molecular weight is 383 g/mol. The number of hydrogen-bond donors (Lipinski definition) is 1. The molecule has 6 nitrogen and oxygen atoms in total. The molecule has 140 valence electrons. The lowest BCUT2D eigenvalue weighted by Gasteiger charge is -2.28. The van der Waals surface area contributed by atoms with Gasteiger partial charge in [-0.1, -0.05) is 23.9 Å². The van der Waals surface area contributed by atoms with Gasteiger partial charge in [0.25, 0.3) is 5.22 Å². The number of fused-ring (bicyclic) bond motifs is 1. The fourth-order valence-electron chi connectivity index (χ4n) is 2.93. The van der Waals surface area contributed by atoms with Crippen molar-refractivity contribution in [2.45, 2.75) is 17.4 Å². The first-order chi connectivity index (χ1) is 13.2. The van der Waals surface area contributed by atoms with Crippen molar-refractivity contribution in [2.75, 3.05) is 36.5 Å². The van der Waals surface area contributed by atoms with Crippen LogP contribution in [0.5, 0.6) is 0 Å². The Morgan fingerprint density at radius 3 is 2.63 bits per heavy atom. The minimum absolute atomic E-state index is 0.0821. The molecular weight excluding hydrogens is 362 g/mol. The molecule has 2 aromatic carbocycles. The van der Waals surface area contributed by atoms with E-state index in [-0.39, 0.29) is 11.2 Å². The number of amides is 1. The molecule has 7 heteroatoms. The Morgan fingerprint density at radius 1 is 1.15 bits per heavy atom. The number of nitrogens with zero attached hydrogens (tertiary/aromatic N) is 2. The lowest BCUT2D eigenvalue weighted by atomic mass is 10.2. The maximum atomic E-state index is 12.5. The smallest absolute Gasteiger partial charge is 0.257 e. The van der Waals surface area contributed by atoms with Crippen LogP contribution in [0.1, 0.15) is 6.92 Å². The van der Waals surface area contributed by atoms with Gasteiger partial charge in [0.1, 0.15) is 5.52 Å². The number of carbonyl (C=O) groups is 1. The van der Waals surface area contributed by atoms with Crippen molar-refractivity contribution >= 4 is 40.1 Å². The van der Waals surface area contributed by atoms with E-state index in [1.165, 1.54) is 11.8 Å². The van der Waals surface area contributed by atoms with Gasteiger partial charge in [0.05, 0.1) is 18.5 Å². The van der Waals surface area contributed by atoms with Crippen LogP contribution in [0.25, 0.3) is 11.1 Å². The van der Waals surface area contributed by atoms with E-state index < -0.39 is 0 Å². The number of para-hydroxylation sites is 2. The second-order valence-electron chi connectivity index (χ2n) is 6.34. The molecule has 0 bridgehead atoms. The zero-order chi connectivity index (χ0) is 18.6. The molecule has 3 aromatic rings. The van der Waals surface area contributed by atoms with Gasteiger partial charge in [-0.25, -0.2) is 4.98 Å².